The summed E-state index contributed by atoms with van der Waals surface area (Å²) in [4.78, 5) is 12.1. The molecule has 2 aromatic carbocycles. The van der Waals surface area contributed by atoms with Crippen molar-refractivity contribution in [1.29, 1.82) is 0 Å². The molecule has 4 nitrogen and oxygen atoms in total. The summed E-state index contributed by atoms with van der Waals surface area (Å²) in [6.45, 7) is 0.282. The fraction of sp³-hybridized carbons (Fsp3) is 0.211. The first-order chi connectivity index (χ1) is 12.3. The van der Waals surface area contributed by atoms with Crippen molar-refractivity contribution in [3.63, 3.8) is 0 Å². The Labute approximate surface area is 149 Å². The molecule has 7 heteroatoms. The highest BCUT2D eigenvalue weighted by Crippen LogP contribution is 2.28. The van der Waals surface area contributed by atoms with E-state index in [1.165, 1.54) is 25.3 Å². The number of anilines is 1. The molecule has 138 valence electrons. The van der Waals surface area contributed by atoms with Gasteiger partial charge in [-0.15, -0.1) is 0 Å². The van der Waals surface area contributed by atoms with Crippen molar-refractivity contribution in [2.45, 2.75) is 13.1 Å². The fourth-order valence-electron chi connectivity index (χ4n) is 2.16. The van der Waals surface area contributed by atoms with Gasteiger partial charge in [0.1, 0.15) is 11.5 Å². The quantitative estimate of drug-likeness (QED) is 0.762. The van der Waals surface area contributed by atoms with Gasteiger partial charge < -0.3 is 14.8 Å². The molecule has 2 aromatic rings. The van der Waals surface area contributed by atoms with Crippen molar-refractivity contribution in [2.75, 3.05) is 19.0 Å². The first kappa shape index (κ1) is 19.4. The number of methoxy groups -OCH3 is 1. The van der Waals surface area contributed by atoms with Crippen molar-refractivity contribution in [3.8, 4) is 11.5 Å². The summed E-state index contributed by atoms with van der Waals surface area (Å²) in [5.41, 5.74) is 1.57. The normalized spacial score (nSPS) is 11.4. The van der Waals surface area contributed by atoms with Crippen molar-refractivity contribution in [3.05, 3.63) is 59.7 Å². The Kier molecular flexibility index (Phi) is 6.27. The van der Waals surface area contributed by atoms with Crippen LogP contribution in [0.25, 0.3) is 6.08 Å². The molecule has 1 N–H and O–H groups in total. The molecule has 0 saturated carbocycles. The van der Waals surface area contributed by atoms with Crippen LogP contribution in [0, 0.1) is 6.92 Å². The molecule has 0 saturated heterocycles. The Balaban J connectivity index is 2.12. The number of amides is 1. The van der Waals surface area contributed by atoms with E-state index in [1.54, 1.807) is 43.3 Å². The molecule has 1 amide bonds. The summed E-state index contributed by atoms with van der Waals surface area (Å²) >= 11 is 0. The smallest absolute Gasteiger partial charge is 0.422 e. The lowest BCUT2D eigenvalue weighted by Crippen LogP contribution is -2.20. The largest absolute Gasteiger partial charge is 0.496 e. The monoisotopic (exact) mass is 365 g/mol. The summed E-state index contributed by atoms with van der Waals surface area (Å²) in [7, 11) is 1.52. The first-order valence-corrected chi connectivity index (χ1v) is 7.71. The standard InChI is InChI=1S/C19H18F3NO3/c1-13-7-9-15(17(11-13)26-12-19(20,21)22)23-18(24)10-8-14-5-3-4-6-16(14)25-2/h3-11H,12H2,1-2H3,(H,23,24)/b10-8+. The lowest BCUT2D eigenvalue weighted by Gasteiger charge is -2.14. The third-order valence-electron chi connectivity index (χ3n) is 3.34. The van der Waals surface area contributed by atoms with Gasteiger partial charge in [-0.3, -0.25) is 4.79 Å². The Hall–Kier alpha value is -2.96. The minimum absolute atomic E-state index is 0.0404. The third-order valence-corrected chi connectivity index (χ3v) is 3.34. The topological polar surface area (TPSA) is 47.6 Å². The molecule has 0 radical (unpaired) electrons. The molecule has 2 rings (SSSR count). The number of nitrogens with one attached hydrogen (secondary N) is 1. The number of rotatable bonds is 6. The fourth-order valence-corrected chi connectivity index (χ4v) is 2.16. The molecule has 0 atom stereocenters. The van der Waals surface area contributed by atoms with Crippen LogP contribution in [0.1, 0.15) is 11.1 Å². The highest BCUT2D eigenvalue weighted by Gasteiger charge is 2.29. The van der Waals surface area contributed by atoms with E-state index in [0.717, 1.165) is 0 Å². The molecule has 0 aliphatic heterocycles. The van der Waals surface area contributed by atoms with Crippen LogP contribution in [0.2, 0.25) is 0 Å². The Morgan fingerprint density at radius 3 is 2.58 bits per heavy atom. The predicted molar refractivity (Wildman–Crippen MR) is 93.4 cm³/mol. The van der Waals surface area contributed by atoms with Gasteiger partial charge in [0.05, 0.1) is 12.8 Å². The SMILES string of the molecule is COc1ccccc1/C=C/C(=O)Nc1ccc(C)cc1OCC(F)(F)F. The number of para-hydroxylation sites is 1. The molecular formula is C19H18F3NO3. The molecule has 0 spiro atoms. The number of halogens is 3. The molecule has 0 aliphatic rings. The van der Waals surface area contributed by atoms with E-state index < -0.39 is 18.7 Å². The van der Waals surface area contributed by atoms with Crippen LogP contribution in [0.3, 0.4) is 0 Å². The summed E-state index contributed by atoms with van der Waals surface area (Å²) in [5.74, 6) is 0.0547. The van der Waals surface area contributed by atoms with Gasteiger partial charge in [0, 0.05) is 11.6 Å². The van der Waals surface area contributed by atoms with Crippen LogP contribution in [-0.2, 0) is 4.79 Å². The Bertz CT molecular complexity index is 801. The highest BCUT2D eigenvalue weighted by molar-refractivity contribution is 6.03. The van der Waals surface area contributed by atoms with Crippen LogP contribution < -0.4 is 14.8 Å². The Morgan fingerprint density at radius 1 is 1.15 bits per heavy atom. The van der Waals surface area contributed by atoms with Crippen molar-refractivity contribution in [1.82, 2.24) is 0 Å². The van der Waals surface area contributed by atoms with Gasteiger partial charge in [-0.2, -0.15) is 13.2 Å². The van der Waals surface area contributed by atoms with Gasteiger partial charge in [0.2, 0.25) is 5.91 Å². The predicted octanol–water partition coefficient (Wildman–Crippen LogP) is 4.60. The Morgan fingerprint density at radius 2 is 1.88 bits per heavy atom. The van der Waals surface area contributed by atoms with Gasteiger partial charge >= 0.3 is 6.18 Å². The summed E-state index contributed by atoms with van der Waals surface area (Å²) in [5, 5.41) is 2.52. The highest BCUT2D eigenvalue weighted by atomic mass is 19.4. The maximum absolute atomic E-state index is 12.4. The van der Waals surface area contributed by atoms with Gasteiger partial charge in [0.15, 0.2) is 6.61 Å². The zero-order chi connectivity index (χ0) is 19.2. The van der Waals surface area contributed by atoms with Gasteiger partial charge in [-0.1, -0.05) is 24.3 Å². The molecular weight excluding hydrogens is 347 g/mol. The van der Waals surface area contributed by atoms with E-state index >= 15 is 0 Å². The van der Waals surface area contributed by atoms with Gasteiger partial charge in [-0.25, -0.2) is 0 Å². The summed E-state index contributed by atoms with van der Waals surface area (Å²) < 4.78 is 47.1. The van der Waals surface area contributed by atoms with Crippen molar-refractivity contribution >= 4 is 17.7 Å². The number of carbonyl (C=O) groups is 1. The lowest BCUT2D eigenvalue weighted by molar-refractivity contribution is -0.153. The molecule has 0 aromatic heterocycles. The van der Waals surface area contributed by atoms with Crippen molar-refractivity contribution < 1.29 is 27.4 Å². The number of hydrogen-bond donors (Lipinski definition) is 1. The molecule has 0 heterocycles. The van der Waals surface area contributed by atoms with E-state index in [1.807, 2.05) is 0 Å². The van der Waals surface area contributed by atoms with Gasteiger partial charge in [-0.05, 0) is 36.8 Å². The molecule has 26 heavy (non-hydrogen) atoms. The minimum atomic E-state index is -4.46. The van der Waals surface area contributed by atoms with E-state index in [0.29, 0.717) is 16.9 Å². The molecule has 0 aliphatic carbocycles. The third kappa shape index (κ3) is 5.84. The minimum Gasteiger partial charge on any atom is -0.496 e. The van der Waals surface area contributed by atoms with Crippen LogP contribution in [0.15, 0.2) is 48.5 Å². The second-order valence-electron chi connectivity index (χ2n) is 5.47. The van der Waals surface area contributed by atoms with Crippen LogP contribution in [0.5, 0.6) is 11.5 Å². The van der Waals surface area contributed by atoms with Crippen molar-refractivity contribution in [2.24, 2.45) is 0 Å². The molecule has 0 unspecified atom stereocenters. The number of benzene rings is 2. The molecule has 0 bridgehead atoms. The zero-order valence-electron chi connectivity index (χ0n) is 14.3. The van der Waals surface area contributed by atoms with Crippen LogP contribution in [-0.4, -0.2) is 25.8 Å². The second-order valence-corrected chi connectivity index (χ2v) is 5.47. The number of alkyl halides is 3. The lowest BCUT2D eigenvalue weighted by atomic mass is 10.2. The summed E-state index contributed by atoms with van der Waals surface area (Å²) in [6, 6.07) is 11.7. The second kappa shape index (κ2) is 8.42. The van der Waals surface area contributed by atoms with E-state index in [4.69, 9.17) is 9.47 Å². The van der Waals surface area contributed by atoms with E-state index in [-0.39, 0.29) is 11.4 Å². The first-order valence-electron chi connectivity index (χ1n) is 7.71. The number of aryl methyl sites for hydroxylation is 1. The van der Waals surface area contributed by atoms with Crippen LogP contribution in [0.4, 0.5) is 18.9 Å². The summed E-state index contributed by atoms with van der Waals surface area (Å²) in [6.07, 6.45) is -1.64. The molecule has 0 fully saturated rings. The number of carbonyl (C=O) groups excluding carboxylic acids is 1. The maximum atomic E-state index is 12.4. The maximum Gasteiger partial charge on any atom is 0.422 e. The average molecular weight is 365 g/mol. The van der Waals surface area contributed by atoms with E-state index in [9.17, 15) is 18.0 Å². The van der Waals surface area contributed by atoms with E-state index in [2.05, 4.69) is 5.32 Å². The van der Waals surface area contributed by atoms with Crippen LogP contribution >= 0.6 is 0 Å². The van der Waals surface area contributed by atoms with Gasteiger partial charge in [0.25, 0.3) is 0 Å². The number of ether oxygens (including phenoxy) is 2. The number of hydrogen-bond acceptors (Lipinski definition) is 3. The average Bonchev–Trinajstić information content (AvgIpc) is 2.59. The zero-order valence-corrected chi connectivity index (χ0v) is 14.3.